The van der Waals surface area contributed by atoms with Crippen molar-refractivity contribution in [1.29, 1.82) is 0 Å². The summed E-state index contributed by atoms with van der Waals surface area (Å²) in [5, 5.41) is 4.66. The highest BCUT2D eigenvalue weighted by molar-refractivity contribution is 9.10. The van der Waals surface area contributed by atoms with Crippen molar-refractivity contribution in [1.82, 2.24) is 4.98 Å². The third-order valence-corrected chi connectivity index (χ3v) is 4.19. The highest BCUT2D eigenvalue weighted by Crippen LogP contribution is 2.24. The largest absolute Gasteiger partial charge is 0.380 e. The van der Waals surface area contributed by atoms with Crippen molar-refractivity contribution in [2.45, 2.75) is 20.4 Å². The normalized spacial score (nSPS) is 10.8. The van der Waals surface area contributed by atoms with Crippen LogP contribution in [-0.4, -0.2) is 4.98 Å². The molecule has 0 bridgehead atoms. The topological polar surface area (TPSA) is 24.9 Å². The molecule has 0 amide bonds. The van der Waals surface area contributed by atoms with Gasteiger partial charge in [0.1, 0.15) is 0 Å². The summed E-state index contributed by atoms with van der Waals surface area (Å²) in [4.78, 5) is 4.53. The number of fused-ring (bicyclic) bond motifs is 1. The van der Waals surface area contributed by atoms with Crippen LogP contribution in [0.2, 0.25) is 0 Å². The molecule has 1 N–H and O–H groups in total. The number of aryl methyl sites for hydroxylation is 2. The zero-order valence-electron chi connectivity index (χ0n) is 12.2. The van der Waals surface area contributed by atoms with Gasteiger partial charge in [0.05, 0.1) is 5.52 Å². The molecule has 0 atom stereocenters. The van der Waals surface area contributed by atoms with Crippen molar-refractivity contribution in [3.05, 3.63) is 69.8 Å². The van der Waals surface area contributed by atoms with Gasteiger partial charge in [0.15, 0.2) is 0 Å². The van der Waals surface area contributed by atoms with Crippen LogP contribution < -0.4 is 5.32 Å². The van der Waals surface area contributed by atoms with E-state index in [1.165, 1.54) is 16.5 Å². The molecule has 1 heterocycles. The second kappa shape index (κ2) is 5.86. The van der Waals surface area contributed by atoms with Crippen LogP contribution in [0.1, 0.15) is 16.8 Å². The molecule has 21 heavy (non-hydrogen) atoms. The summed E-state index contributed by atoms with van der Waals surface area (Å²) in [7, 11) is 0. The predicted molar refractivity (Wildman–Crippen MR) is 92.7 cm³/mol. The highest BCUT2D eigenvalue weighted by Gasteiger charge is 2.02. The number of aromatic nitrogens is 1. The number of benzene rings is 2. The second-order valence-electron chi connectivity index (χ2n) is 5.32. The second-order valence-corrected chi connectivity index (χ2v) is 6.17. The van der Waals surface area contributed by atoms with Crippen LogP contribution in [-0.2, 0) is 6.54 Å². The number of hydrogen-bond donors (Lipinski definition) is 1. The van der Waals surface area contributed by atoms with Crippen LogP contribution in [0.3, 0.4) is 0 Å². The SMILES string of the molecule is Cc1ccc(Br)c(NCc2ccc3nc(C)ccc3c2)c1. The van der Waals surface area contributed by atoms with E-state index in [0.717, 1.165) is 27.9 Å². The molecule has 0 aliphatic carbocycles. The molecule has 0 spiro atoms. The molecular formula is C18H17BrN2. The maximum Gasteiger partial charge on any atom is 0.0705 e. The third kappa shape index (κ3) is 3.24. The van der Waals surface area contributed by atoms with E-state index in [-0.39, 0.29) is 0 Å². The Labute approximate surface area is 133 Å². The molecule has 2 aromatic carbocycles. The molecule has 0 saturated heterocycles. The molecule has 2 nitrogen and oxygen atoms in total. The zero-order chi connectivity index (χ0) is 14.8. The van der Waals surface area contributed by atoms with Crippen LogP contribution in [0.15, 0.2) is 53.0 Å². The minimum atomic E-state index is 0.797. The lowest BCUT2D eigenvalue weighted by molar-refractivity contribution is 1.14. The predicted octanol–water partition coefficient (Wildman–Crippen LogP) is 5.23. The number of rotatable bonds is 3. The fourth-order valence-corrected chi connectivity index (χ4v) is 2.75. The van der Waals surface area contributed by atoms with Gasteiger partial charge < -0.3 is 5.32 Å². The molecular weight excluding hydrogens is 324 g/mol. The number of halogens is 1. The lowest BCUT2D eigenvalue weighted by atomic mass is 10.1. The Morgan fingerprint density at radius 3 is 2.71 bits per heavy atom. The van der Waals surface area contributed by atoms with Crippen LogP contribution in [0, 0.1) is 13.8 Å². The lowest BCUT2D eigenvalue weighted by Crippen LogP contribution is -2.00. The average molecular weight is 341 g/mol. The first-order valence-corrected chi connectivity index (χ1v) is 7.77. The van der Waals surface area contributed by atoms with Crippen LogP contribution in [0.4, 0.5) is 5.69 Å². The van der Waals surface area contributed by atoms with Crippen LogP contribution in [0.5, 0.6) is 0 Å². The van der Waals surface area contributed by atoms with Crippen molar-refractivity contribution >= 4 is 32.5 Å². The van der Waals surface area contributed by atoms with E-state index >= 15 is 0 Å². The summed E-state index contributed by atoms with van der Waals surface area (Å²) in [6, 6.07) is 16.9. The molecule has 106 valence electrons. The van der Waals surface area contributed by atoms with Gasteiger partial charge in [-0.3, -0.25) is 4.98 Å². The summed E-state index contributed by atoms with van der Waals surface area (Å²) in [6.07, 6.45) is 0. The van der Waals surface area contributed by atoms with Crippen LogP contribution in [0.25, 0.3) is 10.9 Å². The number of anilines is 1. The van der Waals surface area contributed by atoms with Crippen molar-refractivity contribution in [3.8, 4) is 0 Å². The van der Waals surface area contributed by atoms with E-state index in [0.29, 0.717) is 0 Å². The summed E-state index contributed by atoms with van der Waals surface area (Å²) in [5.41, 5.74) is 5.73. The molecule has 3 aromatic rings. The van der Waals surface area contributed by atoms with E-state index in [9.17, 15) is 0 Å². The molecule has 0 unspecified atom stereocenters. The first-order chi connectivity index (χ1) is 10.1. The van der Waals surface area contributed by atoms with Crippen molar-refractivity contribution in [3.63, 3.8) is 0 Å². The zero-order valence-corrected chi connectivity index (χ0v) is 13.7. The molecule has 0 fully saturated rings. The monoisotopic (exact) mass is 340 g/mol. The molecule has 0 radical (unpaired) electrons. The quantitative estimate of drug-likeness (QED) is 0.706. The number of nitrogens with one attached hydrogen (secondary N) is 1. The van der Waals surface area contributed by atoms with Crippen molar-refractivity contribution < 1.29 is 0 Å². The van der Waals surface area contributed by atoms with Gasteiger partial charge in [-0.1, -0.05) is 18.2 Å². The van der Waals surface area contributed by atoms with Gasteiger partial charge in [0, 0.05) is 27.8 Å². The summed E-state index contributed by atoms with van der Waals surface area (Å²) in [6.45, 7) is 4.91. The minimum Gasteiger partial charge on any atom is -0.380 e. The summed E-state index contributed by atoms with van der Waals surface area (Å²) in [5.74, 6) is 0. The molecule has 0 saturated carbocycles. The number of pyridine rings is 1. The smallest absolute Gasteiger partial charge is 0.0705 e. The van der Waals surface area contributed by atoms with Gasteiger partial charge in [0.2, 0.25) is 0 Å². The Hall–Kier alpha value is -1.87. The minimum absolute atomic E-state index is 0.797. The maximum atomic E-state index is 4.53. The van der Waals surface area contributed by atoms with E-state index in [2.05, 4.69) is 81.7 Å². The van der Waals surface area contributed by atoms with E-state index in [1.54, 1.807) is 0 Å². The number of hydrogen-bond acceptors (Lipinski definition) is 2. The van der Waals surface area contributed by atoms with Crippen LogP contribution >= 0.6 is 15.9 Å². The maximum absolute atomic E-state index is 4.53. The standard InChI is InChI=1S/C18H17BrN2/c1-12-3-7-16(19)18(9-12)20-11-14-5-8-17-15(10-14)6-4-13(2)21-17/h3-10,20H,11H2,1-2H3. The third-order valence-electron chi connectivity index (χ3n) is 3.50. The molecule has 3 rings (SSSR count). The van der Waals surface area contributed by atoms with E-state index < -0.39 is 0 Å². The van der Waals surface area contributed by atoms with Gasteiger partial charge in [-0.25, -0.2) is 0 Å². The molecule has 3 heteroatoms. The first kappa shape index (κ1) is 14.1. The Morgan fingerprint density at radius 2 is 1.86 bits per heavy atom. The summed E-state index contributed by atoms with van der Waals surface area (Å²) < 4.78 is 1.09. The Balaban J connectivity index is 1.82. The van der Waals surface area contributed by atoms with Gasteiger partial charge in [-0.05, 0) is 71.2 Å². The summed E-state index contributed by atoms with van der Waals surface area (Å²) >= 11 is 3.58. The molecule has 0 aliphatic heterocycles. The lowest BCUT2D eigenvalue weighted by Gasteiger charge is -2.10. The van der Waals surface area contributed by atoms with Gasteiger partial charge in [0.25, 0.3) is 0 Å². The Morgan fingerprint density at radius 1 is 1.00 bits per heavy atom. The average Bonchev–Trinajstić information content (AvgIpc) is 2.48. The molecule has 0 aliphatic rings. The first-order valence-electron chi connectivity index (χ1n) is 6.98. The van der Waals surface area contributed by atoms with E-state index in [1.807, 2.05) is 6.92 Å². The van der Waals surface area contributed by atoms with Gasteiger partial charge >= 0.3 is 0 Å². The van der Waals surface area contributed by atoms with E-state index in [4.69, 9.17) is 0 Å². The fourth-order valence-electron chi connectivity index (χ4n) is 2.36. The van der Waals surface area contributed by atoms with Gasteiger partial charge in [-0.2, -0.15) is 0 Å². The van der Waals surface area contributed by atoms with Crippen molar-refractivity contribution in [2.24, 2.45) is 0 Å². The highest BCUT2D eigenvalue weighted by atomic mass is 79.9. The number of nitrogens with zero attached hydrogens (tertiary/aromatic N) is 1. The fraction of sp³-hybridized carbons (Fsp3) is 0.167. The Kier molecular flexibility index (Phi) is 3.93. The van der Waals surface area contributed by atoms with Crippen molar-refractivity contribution in [2.75, 3.05) is 5.32 Å². The van der Waals surface area contributed by atoms with Gasteiger partial charge in [-0.15, -0.1) is 0 Å². The Bertz CT molecular complexity index is 796. The molecule has 1 aromatic heterocycles.